The van der Waals surface area contributed by atoms with Gasteiger partial charge in [-0.15, -0.1) is 0 Å². The van der Waals surface area contributed by atoms with Crippen LogP contribution in [0.25, 0.3) is 0 Å². The highest BCUT2D eigenvalue weighted by molar-refractivity contribution is 5.48. The molecule has 1 unspecified atom stereocenters. The van der Waals surface area contributed by atoms with Crippen molar-refractivity contribution in [2.24, 2.45) is 5.73 Å². The van der Waals surface area contributed by atoms with E-state index in [1.165, 1.54) is 0 Å². The summed E-state index contributed by atoms with van der Waals surface area (Å²) in [6.07, 6.45) is -0.489. The first-order valence-corrected chi connectivity index (χ1v) is 4.90. The summed E-state index contributed by atoms with van der Waals surface area (Å²) in [5.74, 6) is 0.825. The van der Waals surface area contributed by atoms with Gasteiger partial charge < -0.3 is 20.5 Å². The molecule has 0 aliphatic carbocycles. The summed E-state index contributed by atoms with van der Waals surface area (Å²) in [6.45, 7) is 0.809. The minimum atomic E-state index is -0.489. The third-order valence-electron chi connectivity index (χ3n) is 2.27. The quantitative estimate of drug-likeness (QED) is 0.741. The molecule has 1 aromatic carbocycles. The Labute approximate surface area is 90.3 Å². The van der Waals surface area contributed by atoms with Crippen molar-refractivity contribution in [1.29, 1.82) is 0 Å². The molecule has 15 heavy (non-hydrogen) atoms. The van der Waals surface area contributed by atoms with Gasteiger partial charge in [-0.2, -0.15) is 0 Å². The van der Waals surface area contributed by atoms with Gasteiger partial charge in [-0.05, 0) is 24.3 Å². The molecule has 4 heteroatoms. The lowest BCUT2D eigenvalue weighted by Crippen LogP contribution is -2.34. The Morgan fingerprint density at radius 3 is 2.47 bits per heavy atom. The highest BCUT2D eigenvalue weighted by Gasteiger charge is 2.06. The van der Waals surface area contributed by atoms with Crippen LogP contribution in [-0.2, 0) is 0 Å². The van der Waals surface area contributed by atoms with Gasteiger partial charge in [0.2, 0.25) is 0 Å². The number of nitrogens with two attached hydrogens (primary N) is 1. The highest BCUT2D eigenvalue weighted by Crippen LogP contribution is 2.17. The van der Waals surface area contributed by atoms with E-state index in [2.05, 4.69) is 0 Å². The third kappa shape index (κ3) is 3.42. The van der Waals surface area contributed by atoms with Crippen LogP contribution in [0.2, 0.25) is 0 Å². The molecule has 0 heterocycles. The van der Waals surface area contributed by atoms with Gasteiger partial charge in [0, 0.05) is 25.8 Å². The van der Waals surface area contributed by atoms with E-state index in [-0.39, 0.29) is 6.54 Å². The predicted octanol–water partition coefficient (Wildman–Crippen LogP) is 0.451. The van der Waals surface area contributed by atoms with Gasteiger partial charge in [-0.25, -0.2) is 0 Å². The molecule has 0 radical (unpaired) electrons. The average Bonchev–Trinajstić information content (AvgIpc) is 2.29. The fraction of sp³-hybridized carbons (Fsp3) is 0.455. The van der Waals surface area contributed by atoms with E-state index in [4.69, 9.17) is 10.5 Å². The maximum Gasteiger partial charge on any atom is 0.119 e. The van der Waals surface area contributed by atoms with Crippen LogP contribution < -0.4 is 15.4 Å². The first kappa shape index (κ1) is 11.8. The highest BCUT2D eigenvalue weighted by atomic mass is 16.5. The number of rotatable bonds is 5. The number of benzene rings is 1. The zero-order valence-electron chi connectivity index (χ0n) is 9.18. The minimum absolute atomic E-state index is 0.278. The van der Waals surface area contributed by atoms with Crippen molar-refractivity contribution in [3.8, 4) is 5.75 Å². The topological polar surface area (TPSA) is 58.7 Å². The van der Waals surface area contributed by atoms with Crippen molar-refractivity contribution >= 4 is 5.69 Å². The SMILES string of the molecule is COc1ccc(N(C)CC(O)CN)cc1. The Morgan fingerprint density at radius 1 is 1.40 bits per heavy atom. The minimum Gasteiger partial charge on any atom is -0.497 e. The molecule has 0 aliphatic rings. The number of hydrogen-bond acceptors (Lipinski definition) is 4. The van der Waals surface area contributed by atoms with Gasteiger partial charge in [-0.3, -0.25) is 0 Å². The largest absolute Gasteiger partial charge is 0.497 e. The summed E-state index contributed by atoms with van der Waals surface area (Å²) in [5.41, 5.74) is 6.38. The monoisotopic (exact) mass is 210 g/mol. The first-order valence-electron chi connectivity index (χ1n) is 4.90. The van der Waals surface area contributed by atoms with Crippen molar-refractivity contribution in [2.75, 3.05) is 32.1 Å². The Bertz CT molecular complexity index is 287. The second kappa shape index (κ2) is 5.58. The molecule has 1 aromatic rings. The van der Waals surface area contributed by atoms with Crippen LogP contribution in [0.1, 0.15) is 0 Å². The molecule has 0 fully saturated rings. The predicted molar refractivity (Wildman–Crippen MR) is 61.3 cm³/mol. The van der Waals surface area contributed by atoms with Crippen LogP contribution in [-0.4, -0.2) is 38.5 Å². The number of methoxy groups -OCH3 is 1. The summed E-state index contributed by atoms with van der Waals surface area (Å²) in [5, 5.41) is 9.40. The van der Waals surface area contributed by atoms with Crippen molar-refractivity contribution in [3.05, 3.63) is 24.3 Å². The van der Waals surface area contributed by atoms with Crippen molar-refractivity contribution in [3.63, 3.8) is 0 Å². The molecule has 0 aromatic heterocycles. The number of nitrogens with zero attached hydrogens (tertiary/aromatic N) is 1. The smallest absolute Gasteiger partial charge is 0.119 e. The van der Waals surface area contributed by atoms with Crippen LogP contribution in [0.5, 0.6) is 5.75 Å². The van der Waals surface area contributed by atoms with E-state index >= 15 is 0 Å². The van der Waals surface area contributed by atoms with E-state index in [1.54, 1.807) is 7.11 Å². The fourth-order valence-electron chi connectivity index (χ4n) is 1.33. The van der Waals surface area contributed by atoms with E-state index in [1.807, 2.05) is 36.2 Å². The Balaban J connectivity index is 2.61. The lowest BCUT2D eigenvalue weighted by molar-refractivity contribution is 0.189. The number of ether oxygens (including phenoxy) is 1. The standard InChI is InChI=1S/C11H18N2O2/c1-13(8-10(14)7-12)9-3-5-11(15-2)6-4-9/h3-6,10,14H,7-8,12H2,1-2H3. The number of hydrogen-bond donors (Lipinski definition) is 2. The van der Waals surface area contributed by atoms with Crippen LogP contribution in [0.3, 0.4) is 0 Å². The second-order valence-corrected chi connectivity index (χ2v) is 3.47. The zero-order valence-corrected chi connectivity index (χ0v) is 9.18. The molecule has 4 nitrogen and oxygen atoms in total. The van der Waals surface area contributed by atoms with Gasteiger partial charge in [0.25, 0.3) is 0 Å². The average molecular weight is 210 g/mol. The maximum atomic E-state index is 9.40. The van der Waals surface area contributed by atoms with Gasteiger partial charge in [0.05, 0.1) is 13.2 Å². The molecule has 0 spiro atoms. The van der Waals surface area contributed by atoms with Crippen molar-refractivity contribution in [1.82, 2.24) is 0 Å². The summed E-state index contributed by atoms with van der Waals surface area (Å²) < 4.78 is 5.06. The summed E-state index contributed by atoms with van der Waals surface area (Å²) in [6, 6.07) is 7.67. The number of aliphatic hydroxyl groups is 1. The lowest BCUT2D eigenvalue weighted by Gasteiger charge is -2.22. The van der Waals surface area contributed by atoms with Gasteiger partial charge in [0.1, 0.15) is 5.75 Å². The van der Waals surface area contributed by atoms with Crippen LogP contribution in [0.15, 0.2) is 24.3 Å². The van der Waals surface area contributed by atoms with Gasteiger partial charge in [0.15, 0.2) is 0 Å². The molecular formula is C11H18N2O2. The lowest BCUT2D eigenvalue weighted by atomic mass is 10.2. The molecule has 0 amide bonds. The zero-order chi connectivity index (χ0) is 11.3. The van der Waals surface area contributed by atoms with Crippen LogP contribution >= 0.6 is 0 Å². The normalized spacial score (nSPS) is 12.3. The van der Waals surface area contributed by atoms with E-state index < -0.39 is 6.10 Å². The Hall–Kier alpha value is -1.26. The Kier molecular flexibility index (Phi) is 4.39. The third-order valence-corrected chi connectivity index (χ3v) is 2.27. The number of aliphatic hydroxyl groups excluding tert-OH is 1. The van der Waals surface area contributed by atoms with Gasteiger partial charge >= 0.3 is 0 Å². The van der Waals surface area contributed by atoms with Gasteiger partial charge in [-0.1, -0.05) is 0 Å². The molecule has 3 N–H and O–H groups in total. The first-order chi connectivity index (χ1) is 7.17. The summed E-state index contributed by atoms with van der Waals surface area (Å²) >= 11 is 0. The maximum absolute atomic E-state index is 9.40. The molecule has 0 saturated carbocycles. The fourth-order valence-corrected chi connectivity index (χ4v) is 1.33. The van der Waals surface area contributed by atoms with E-state index in [0.717, 1.165) is 11.4 Å². The van der Waals surface area contributed by atoms with Crippen molar-refractivity contribution in [2.45, 2.75) is 6.10 Å². The van der Waals surface area contributed by atoms with Crippen LogP contribution in [0, 0.1) is 0 Å². The number of anilines is 1. The molecular weight excluding hydrogens is 192 g/mol. The Morgan fingerprint density at radius 2 is 2.00 bits per heavy atom. The molecule has 0 aliphatic heterocycles. The molecule has 0 saturated heterocycles. The second-order valence-electron chi connectivity index (χ2n) is 3.47. The summed E-state index contributed by atoms with van der Waals surface area (Å²) in [7, 11) is 3.55. The van der Waals surface area contributed by atoms with E-state index in [0.29, 0.717) is 6.54 Å². The summed E-state index contributed by atoms with van der Waals surface area (Å²) in [4.78, 5) is 1.96. The molecule has 84 valence electrons. The van der Waals surface area contributed by atoms with Crippen LogP contribution in [0.4, 0.5) is 5.69 Å². The number of likely N-dealkylation sites (N-methyl/N-ethyl adjacent to an activating group) is 1. The molecule has 1 rings (SSSR count). The molecule has 0 bridgehead atoms. The van der Waals surface area contributed by atoms with E-state index in [9.17, 15) is 5.11 Å². The van der Waals surface area contributed by atoms with Crippen molar-refractivity contribution < 1.29 is 9.84 Å². The molecule has 1 atom stereocenters.